The van der Waals surface area contributed by atoms with Crippen molar-refractivity contribution in [2.24, 2.45) is 0 Å². The Morgan fingerprint density at radius 3 is 1.56 bits per heavy atom. The van der Waals surface area contributed by atoms with E-state index in [2.05, 4.69) is 229 Å². The second-order valence-corrected chi connectivity index (χ2v) is 15.9. The number of thiophene rings is 1. The standard InChI is InChI=1S/C55H37NS/c1-4-16-38(17-5-1)39-30-34-43(35-31-39)56(44-36-32-40(33-37-44)45-24-14-25-47-46-22-11-13-29-52(46)57-54(45)47)51-28-15-27-50-53(51)48-23-10-12-26-49(48)55(50,41-18-6-2-7-19-41)42-20-8-3-9-21-42/h1-37H. The van der Waals surface area contributed by atoms with E-state index in [1.165, 1.54) is 75.8 Å². The summed E-state index contributed by atoms with van der Waals surface area (Å²) in [6, 6.07) is 82.4. The van der Waals surface area contributed by atoms with Crippen molar-refractivity contribution >= 4 is 48.6 Å². The average molecular weight is 744 g/mol. The molecule has 0 N–H and O–H groups in total. The lowest BCUT2D eigenvalue weighted by Crippen LogP contribution is -2.28. The van der Waals surface area contributed by atoms with Crippen molar-refractivity contribution in [3.05, 3.63) is 247 Å². The Balaban J connectivity index is 1.13. The van der Waals surface area contributed by atoms with Crippen LogP contribution in [0.2, 0.25) is 0 Å². The molecule has 0 aliphatic heterocycles. The maximum atomic E-state index is 2.46. The first-order valence-corrected chi connectivity index (χ1v) is 20.4. The van der Waals surface area contributed by atoms with Crippen molar-refractivity contribution in [3.8, 4) is 33.4 Å². The van der Waals surface area contributed by atoms with Gasteiger partial charge < -0.3 is 4.90 Å². The Labute approximate surface area is 337 Å². The second-order valence-electron chi connectivity index (χ2n) is 14.8. The van der Waals surface area contributed by atoms with Gasteiger partial charge >= 0.3 is 0 Å². The molecule has 1 nitrogen and oxygen atoms in total. The number of hydrogen-bond donors (Lipinski definition) is 0. The topological polar surface area (TPSA) is 3.24 Å². The molecule has 0 fully saturated rings. The lowest BCUT2D eigenvalue weighted by molar-refractivity contribution is 0.768. The molecule has 11 rings (SSSR count). The second kappa shape index (κ2) is 13.6. The minimum atomic E-state index is -0.486. The van der Waals surface area contributed by atoms with Crippen molar-refractivity contribution in [3.63, 3.8) is 0 Å². The molecular weight excluding hydrogens is 707 g/mol. The predicted octanol–water partition coefficient (Wildman–Crippen LogP) is 15.2. The number of nitrogens with zero attached hydrogens (tertiary/aromatic N) is 1. The molecule has 0 atom stereocenters. The molecule has 1 aromatic heterocycles. The first-order chi connectivity index (χ1) is 28.3. The van der Waals surface area contributed by atoms with Gasteiger partial charge in [-0.15, -0.1) is 11.3 Å². The molecule has 0 bridgehead atoms. The molecule has 57 heavy (non-hydrogen) atoms. The lowest BCUT2D eigenvalue weighted by atomic mass is 9.68. The predicted molar refractivity (Wildman–Crippen MR) is 242 cm³/mol. The van der Waals surface area contributed by atoms with Crippen molar-refractivity contribution in [2.45, 2.75) is 5.41 Å². The summed E-state index contributed by atoms with van der Waals surface area (Å²) in [5.41, 5.74) is 15.4. The Hall–Kier alpha value is -7.00. The van der Waals surface area contributed by atoms with Gasteiger partial charge in [0, 0.05) is 37.1 Å². The Kier molecular flexibility index (Phi) is 7.98. The third kappa shape index (κ3) is 5.29. The first kappa shape index (κ1) is 33.3. The average Bonchev–Trinajstić information content (AvgIpc) is 3.83. The molecule has 1 heterocycles. The minimum Gasteiger partial charge on any atom is -0.310 e. The molecule has 268 valence electrons. The summed E-state index contributed by atoms with van der Waals surface area (Å²) in [5, 5.41) is 2.64. The summed E-state index contributed by atoms with van der Waals surface area (Å²) in [4.78, 5) is 2.46. The van der Waals surface area contributed by atoms with Gasteiger partial charge in [0.1, 0.15) is 0 Å². The summed E-state index contributed by atoms with van der Waals surface area (Å²) >= 11 is 1.88. The fourth-order valence-corrected chi connectivity index (χ4v) is 10.5. The monoisotopic (exact) mass is 743 g/mol. The van der Waals surface area contributed by atoms with E-state index in [0.717, 1.165) is 17.1 Å². The third-order valence-electron chi connectivity index (χ3n) is 11.8. The van der Waals surface area contributed by atoms with E-state index >= 15 is 0 Å². The maximum Gasteiger partial charge on any atom is 0.0714 e. The number of rotatable bonds is 7. The van der Waals surface area contributed by atoms with Crippen LogP contribution in [0.4, 0.5) is 17.1 Å². The summed E-state index contributed by atoms with van der Waals surface area (Å²) in [7, 11) is 0. The molecule has 10 aromatic rings. The zero-order valence-electron chi connectivity index (χ0n) is 31.2. The molecule has 9 aromatic carbocycles. The molecule has 0 saturated carbocycles. The first-order valence-electron chi connectivity index (χ1n) is 19.6. The van der Waals surface area contributed by atoms with Crippen LogP contribution in [0, 0.1) is 0 Å². The largest absolute Gasteiger partial charge is 0.310 e. The van der Waals surface area contributed by atoms with E-state index in [-0.39, 0.29) is 0 Å². The molecule has 1 aliphatic carbocycles. The molecule has 0 saturated heterocycles. The van der Waals surface area contributed by atoms with Gasteiger partial charge in [-0.05, 0) is 86.5 Å². The summed E-state index contributed by atoms with van der Waals surface area (Å²) in [6.45, 7) is 0. The van der Waals surface area contributed by atoms with Crippen LogP contribution >= 0.6 is 11.3 Å². The zero-order chi connectivity index (χ0) is 37.8. The molecule has 1 aliphatic rings. The van der Waals surface area contributed by atoms with Gasteiger partial charge in [0.15, 0.2) is 0 Å². The van der Waals surface area contributed by atoms with Crippen LogP contribution < -0.4 is 4.90 Å². The van der Waals surface area contributed by atoms with E-state index in [1.54, 1.807) is 0 Å². The van der Waals surface area contributed by atoms with Gasteiger partial charge in [0.05, 0.1) is 11.1 Å². The van der Waals surface area contributed by atoms with Crippen LogP contribution in [0.15, 0.2) is 224 Å². The number of fused-ring (bicyclic) bond motifs is 6. The fourth-order valence-electron chi connectivity index (χ4n) is 9.29. The zero-order valence-corrected chi connectivity index (χ0v) is 32.0. The van der Waals surface area contributed by atoms with E-state index in [4.69, 9.17) is 0 Å². The van der Waals surface area contributed by atoms with E-state index in [1.807, 2.05) is 11.3 Å². The Bertz CT molecular complexity index is 3000. The highest BCUT2D eigenvalue weighted by molar-refractivity contribution is 7.26. The molecule has 0 spiro atoms. The minimum absolute atomic E-state index is 0.486. The maximum absolute atomic E-state index is 2.46. The molecular formula is C55H37NS. The Morgan fingerprint density at radius 1 is 0.351 bits per heavy atom. The number of benzene rings is 9. The number of anilines is 3. The van der Waals surface area contributed by atoms with Gasteiger partial charge in [0.2, 0.25) is 0 Å². The summed E-state index contributed by atoms with van der Waals surface area (Å²) < 4.78 is 2.65. The van der Waals surface area contributed by atoms with Crippen molar-refractivity contribution in [1.29, 1.82) is 0 Å². The van der Waals surface area contributed by atoms with Gasteiger partial charge in [-0.25, -0.2) is 0 Å². The third-order valence-corrected chi connectivity index (χ3v) is 13.0. The van der Waals surface area contributed by atoms with Crippen LogP contribution in [-0.2, 0) is 5.41 Å². The molecule has 0 amide bonds. The van der Waals surface area contributed by atoms with Gasteiger partial charge in [-0.3, -0.25) is 0 Å². The van der Waals surface area contributed by atoms with Gasteiger partial charge in [-0.1, -0.05) is 188 Å². The van der Waals surface area contributed by atoms with Crippen LogP contribution in [0.1, 0.15) is 22.3 Å². The summed E-state index contributed by atoms with van der Waals surface area (Å²) in [5.74, 6) is 0. The molecule has 2 heteroatoms. The lowest BCUT2D eigenvalue weighted by Gasteiger charge is -2.34. The van der Waals surface area contributed by atoms with Crippen LogP contribution in [0.3, 0.4) is 0 Å². The highest BCUT2D eigenvalue weighted by Gasteiger charge is 2.47. The highest BCUT2D eigenvalue weighted by atomic mass is 32.1. The smallest absolute Gasteiger partial charge is 0.0714 e. The van der Waals surface area contributed by atoms with Gasteiger partial charge in [0.25, 0.3) is 0 Å². The van der Waals surface area contributed by atoms with Crippen molar-refractivity contribution in [2.75, 3.05) is 4.90 Å². The van der Waals surface area contributed by atoms with E-state index in [9.17, 15) is 0 Å². The van der Waals surface area contributed by atoms with Crippen molar-refractivity contribution < 1.29 is 0 Å². The quantitative estimate of drug-likeness (QED) is 0.157. The van der Waals surface area contributed by atoms with E-state index in [0.29, 0.717) is 0 Å². The summed E-state index contributed by atoms with van der Waals surface area (Å²) in [6.07, 6.45) is 0. The van der Waals surface area contributed by atoms with Crippen LogP contribution in [0.25, 0.3) is 53.6 Å². The van der Waals surface area contributed by atoms with E-state index < -0.39 is 5.41 Å². The van der Waals surface area contributed by atoms with Crippen molar-refractivity contribution in [1.82, 2.24) is 0 Å². The SMILES string of the molecule is c1ccc(-c2ccc(N(c3ccc(-c4cccc5c4sc4ccccc45)cc3)c3cccc4c3-c3ccccc3C4(c3ccccc3)c3ccccc3)cc2)cc1. The van der Waals surface area contributed by atoms with Gasteiger partial charge in [-0.2, -0.15) is 0 Å². The Morgan fingerprint density at radius 2 is 0.860 bits per heavy atom. The fraction of sp³-hybridized carbons (Fsp3) is 0.0182. The normalized spacial score (nSPS) is 12.7. The van der Waals surface area contributed by atoms with Crippen LogP contribution in [0.5, 0.6) is 0 Å². The molecule has 0 radical (unpaired) electrons. The number of hydrogen-bond acceptors (Lipinski definition) is 2. The molecule has 0 unspecified atom stereocenters. The highest BCUT2D eigenvalue weighted by Crippen LogP contribution is 2.59. The van der Waals surface area contributed by atoms with Crippen LogP contribution in [-0.4, -0.2) is 0 Å².